The first-order chi connectivity index (χ1) is 10.8. The van der Waals surface area contributed by atoms with E-state index in [1.165, 1.54) is 6.07 Å². The van der Waals surface area contributed by atoms with Crippen LogP contribution in [0.25, 0.3) is 0 Å². The summed E-state index contributed by atoms with van der Waals surface area (Å²) in [5.41, 5.74) is 0.351. The van der Waals surface area contributed by atoms with Gasteiger partial charge in [0.15, 0.2) is 0 Å². The van der Waals surface area contributed by atoms with Crippen molar-refractivity contribution in [2.24, 2.45) is 0 Å². The van der Waals surface area contributed by atoms with Gasteiger partial charge in [-0.15, -0.1) is 0 Å². The number of carbonyl (C=O) groups is 2. The summed E-state index contributed by atoms with van der Waals surface area (Å²) < 4.78 is 27.1. The second-order valence-electron chi connectivity index (χ2n) is 5.45. The van der Waals surface area contributed by atoms with Crippen LogP contribution in [0.15, 0.2) is 24.3 Å². The van der Waals surface area contributed by atoms with Crippen molar-refractivity contribution in [2.45, 2.75) is 39.7 Å². The number of rotatable bonds is 4. The van der Waals surface area contributed by atoms with Gasteiger partial charge in [-0.25, -0.2) is 4.31 Å². The van der Waals surface area contributed by atoms with E-state index in [-0.39, 0.29) is 11.3 Å². The summed E-state index contributed by atoms with van der Waals surface area (Å²) in [4.78, 5) is 25.0. The minimum Gasteiger partial charge on any atom is -0.268 e. The fourth-order valence-corrected chi connectivity index (χ4v) is 5.20. The maximum absolute atomic E-state index is 12.8. The van der Waals surface area contributed by atoms with Gasteiger partial charge in [0.05, 0.1) is 11.3 Å². The second kappa shape index (κ2) is 6.92. The highest BCUT2D eigenvalue weighted by Gasteiger charge is 2.45. The van der Waals surface area contributed by atoms with E-state index < -0.39 is 27.4 Å². The van der Waals surface area contributed by atoms with E-state index in [9.17, 15) is 18.0 Å². The first-order valence-electron chi connectivity index (χ1n) is 7.47. The summed E-state index contributed by atoms with van der Waals surface area (Å²) in [7, 11) is -4.22. The Labute approximate surface area is 141 Å². The first kappa shape index (κ1) is 17.8. The molecule has 1 heterocycles. The largest absolute Gasteiger partial charge is 0.336 e. The molecule has 1 aromatic rings. The Morgan fingerprint density at radius 3 is 2.52 bits per heavy atom. The van der Waals surface area contributed by atoms with Crippen molar-refractivity contribution in [2.75, 3.05) is 10.1 Å². The quantitative estimate of drug-likeness (QED) is 0.774. The van der Waals surface area contributed by atoms with Crippen LogP contribution in [0.4, 0.5) is 10.5 Å². The number of anilines is 1. The number of nitrogens with zero attached hydrogens (tertiary/aromatic N) is 2. The van der Waals surface area contributed by atoms with Crippen LogP contribution >= 0.6 is 11.8 Å². The fraction of sp³-hybridized carbons (Fsp3) is 0.467. The third kappa shape index (κ3) is 3.23. The Bertz CT molecular complexity index is 716. The van der Waals surface area contributed by atoms with Gasteiger partial charge in [0.25, 0.3) is 5.91 Å². The molecular weight excluding hydrogens is 336 g/mol. The van der Waals surface area contributed by atoms with E-state index >= 15 is 0 Å². The lowest BCUT2D eigenvalue weighted by Crippen LogP contribution is -2.55. The zero-order valence-electron chi connectivity index (χ0n) is 13.4. The molecule has 0 atom stereocenters. The van der Waals surface area contributed by atoms with Crippen LogP contribution < -0.4 is 4.31 Å². The van der Waals surface area contributed by atoms with E-state index in [1.54, 1.807) is 32.0 Å². The minimum absolute atomic E-state index is 0.128. The molecule has 1 aliphatic rings. The van der Waals surface area contributed by atoms with Crippen LogP contribution in [0.1, 0.15) is 44.0 Å². The summed E-state index contributed by atoms with van der Waals surface area (Å²) in [5.74, 6) is -0.0581. The number of hydrogen-bond donors (Lipinski definition) is 0. The molecule has 2 rings (SSSR count). The molecule has 0 radical (unpaired) electrons. The van der Waals surface area contributed by atoms with Gasteiger partial charge >= 0.3 is 15.4 Å². The molecule has 126 valence electrons. The highest BCUT2D eigenvalue weighted by molar-refractivity contribution is 8.15. The molecule has 0 N–H and O–H groups in total. The Hall–Kier alpha value is -1.54. The van der Waals surface area contributed by atoms with Crippen LogP contribution in [-0.4, -0.2) is 35.7 Å². The lowest BCUT2D eigenvalue weighted by Gasteiger charge is -2.37. The Kier molecular flexibility index (Phi) is 5.36. The van der Waals surface area contributed by atoms with E-state index in [0.29, 0.717) is 5.75 Å². The van der Waals surface area contributed by atoms with Gasteiger partial charge in [-0.2, -0.15) is 12.7 Å². The van der Waals surface area contributed by atoms with E-state index in [4.69, 9.17) is 0 Å². The summed E-state index contributed by atoms with van der Waals surface area (Å²) in [6, 6.07) is 5.72. The number of fused-ring (bicyclic) bond motifs is 1. The lowest BCUT2D eigenvalue weighted by molar-refractivity contribution is 0.0832. The van der Waals surface area contributed by atoms with Crippen molar-refractivity contribution in [3.63, 3.8) is 0 Å². The molecule has 6 nitrogen and oxygen atoms in total. The van der Waals surface area contributed by atoms with Gasteiger partial charge < -0.3 is 0 Å². The van der Waals surface area contributed by atoms with Crippen molar-refractivity contribution < 1.29 is 18.0 Å². The molecule has 0 aliphatic carbocycles. The van der Waals surface area contributed by atoms with Crippen LogP contribution in [0, 0.1) is 0 Å². The summed E-state index contributed by atoms with van der Waals surface area (Å²) in [6.07, 6.45) is 1.74. The fourth-order valence-electron chi connectivity index (χ4n) is 2.32. The Morgan fingerprint density at radius 1 is 1.26 bits per heavy atom. The van der Waals surface area contributed by atoms with Gasteiger partial charge in [0.1, 0.15) is 0 Å². The molecule has 1 aromatic carbocycles. The topological polar surface area (TPSA) is 74.8 Å². The lowest BCUT2D eigenvalue weighted by atomic mass is 10.1. The van der Waals surface area contributed by atoms with Gasteiger partial charge in [-0.05, 0) is 32.4 Å². The number of thioether (sulfide) groups is 1. The molecular formula is C15H20N2O4S2. The molecule has 0 fully saturated rings. The molecule has 8 heteroatoms. The zero-order chi connectivity index (χ0) is 17.2. The van der Waals surface area contributed by atoms with Crippen molar-refractivity contribution in [1.82, 2.24) is 4.31 Å². The highest BCUT2D eigenvalue weighted by Crippen LogP contribution is 2.35. The van der Waals surface area contributed by atoms with Crippen LogP contribution in [0.2, 0.25) is 0 Å². The van der Waals surface area contributed by atoms with Crippen molar-refractivity contribution in [3.8, 4) is 0 Å². The molecule has 0 unspecified atom stereocenters. The minimum atomic E-state index is -4.22. The predicted molar refractivity (Wildman–Crippen MR) is 91.9 cm³/mol. The number of amides is 2. The third-order valence-corrected chi connectivity index (χ3v) is 6.34. The molecule has 23 heavy (non-hydrogen) atoms. The summed E-state index contributed by atoms with van der Waals surface area (Å²) in [6.45, 7) is 5.21. The Morgan fingerprint density at radius 2 is 1.91 bits per heavy atom. The zero-order valence-corrected chi connectivity index (χ0v) is 15.0. The average molecular weight is 356 g/mol. The van der Waals surface area contributed by atoms with Gasteiger partial charge in [-0.1, -0.05) is 37.2 Å². The molecule has 0 bridgehead atoms. The summed E-state index contributed by atoms with van der Waals surface area (Å²) in [5, 5.41) is -0.580. The number of para-hydroxylation sites is 1. The smallest absolute Gasteiger partial charge is 0.268 e. The van der Waals surface area contributed by atoms with Gasteiger partial charge in [0, 0.05) is 11.8 Å². The van der Waals surface area contributed by atoms with Crippen molar-refractivity contribution >= 4 is 38.8 Å². The predicted octanol–water partition coefficient (Wildman–Crippen LogP) is 3.26. The number of benzene rings is 1. The van der Waals surface area contributed by atoms with Crippen LogP contribution in [0.5, 0.6) is 0 Å². The Balaban J connectivity index is 2.52. The maximum atomic E-state index is 12.8. The molecule has 1 aliphatic heterocycles. The summed E-state index contributed by atoms with van der Waals surface area (Å²) >= 11 is 0.958. The normalized spacial score (nSPS) is 16.6. The highest BCUT2D eigenvalue weighted by atomic mass is 32.2. The van der Waals surface area contributed by atoms with Crippen molar-refractivity contribution in [3.05, 3.63) is 29.8 Å². The van der Waals surface area contributed by atoms with Crippen LogP contribution in [-0.2, 0) is 10.2 Å². The second-order valence-corrected chi connectivity index (χ2v) is 8.15. The van der Waals surface area contributed by atoms with E-state index in [0.717, 1.165) is 33.2 Å². The molecule has 0 aromatic heterocycles. The monoisotopic (exact) mass is 356 g/mol. The molecule has 0 saturated carbocycles. The van der Waals surface area contributed by atoms with Gasteiger partial charge in [-0.3, -0.25) is 9.59 Å². The average Bonchev–Trinajstić information content (AvgIpc) is 2.46. The van der Waals surface area contributed by atoms with Crippen LogP contribution in [0.3, 0.4) is 0 Å². The van der Waals surface area contributed by atoms with Crippen molar-refractivity contribution in [1.29, 1.82) is 0 Å². The van der Waals surface area contributed by atoms with E-state index in [1.807, 2.05) is 6.92 Å². The van der Waals surface area contributed by atoms with E-state index in [2.05, 4.69) is 0 Å². The van der Waals surface area contributed by atoms with Gasteiger partial charge in [0.2, 0.25) is 0 Å². The third-order valence-electron chi connectivity index (χ3n) is 3.39. The maximum Gasteiger partial charge on any atom is 0.336 e. The standard InChI is InChI=1S/C15H20N2O4S2/c1-4-5-10-22-15(19)17-13-9-7-6-8-12(13)14(18)16(11(2)3)23(17,20)21/h6-9,11H,4-5,10H2,1-3H3. The first-order valence-corrected chi connectivity index (χ1v) is 9.85. The number of carbonyl (C=O) groups excluding carboxylic acids is 2. The molecule has 2 amide bonds. The SMILES string of the molecule is CCCCSC(=O)N1c2ccccc2C(=O)N(C(C)C)S1(=O)=O. The number of unbranched alkanes of at least 4 members (excludes halogenated alkanes) is 1. The molecule has 0 spiro atoms. The number of hydrogen-bond acceptors (Lipinski definition) is 5. The molecule has 0 saturated heterocycles.